The number of amides is 1. The summed E-state index contributed by atoms with van der Waals surface area (Å²) in [4.78, 5) is 26.0. The van der Waals surface area contributed by atoms with E-state index in [0.717, 1.165) is 0 Å². The summed E-state index contributed by atoms with van der Waals surface area (Å²) >= 11 is 5.97. The molecule has 0 atom stereocenters. The van der Waals surface area contributed by atoms with Crippen LogP contribution in [0, 0.1) is 17.2 Å². The van der Waals surface area contributed by atoms with E-state index in [1.165, 1.54) is 13.3 Å². The molecule has 1 aromatic carbocycles. The predicted octanol–water partition coefficient (Wildman–Crippen LogP) is 2.97. The molecule has 1 aromatic rings. The maximum Gasteiger partial charge on any atom is 0.309 e. The van der Waals surface area contributed by atoms with Crippen molar-refractivity contribution in [1.29, 1.82) is 5.26 Å². The standard InChI is InChI=1S/C19H22ClN3O4/c1-3-27-19(25)13-6-8-23(9-7-13)18(24)14(11-21)12-22-16-10-15(20)4-5-17(16)26-2/h4-5,10,12-13,22H,3,6-9H2,1-2H3/b14-12-. The van der Waals surface area contributed by atoms with Crippen LogP contribution in [-0.2, 0) is 14.3 Å². The van der Waals surface area contributed by atoms with Crippen molar-refractivity contribution >= 4 is 29.2 Å². The molecule has 27 heavy (non-hydrogen) atoms. The molecule has 7 nitrogen and oxygen atoms in total. The molecule has 1 aliphatic heterocycles. The minimum atomic E-state index is -0.381. The summed E-state index contributed by atoms with van der Waals surface area (Å²) < 4.78 is 10.3. The number of hydrogen-bond donors (Lipinski definition) is 1. The Hall–Kier alpha value is -2.72. The van der Waals surface area contributed by atoms with E-state index in [2.05, 4.69) is 5.32 Å². The summed E-state index contributed by atoms with van der Waals surface area (Å²) in [5.41, 5.74) is 0.512. The average molecular weight is 392 g/mol. The van der Waals surface area contributed by atoms with E-state index in [0.29, 0.717) is 49.0 Å². The second-order valence-electron chi connectivity index (χ2n) is 5.98. The van der Waals surface area contributed by atoms with Crippen LogP contribution in [0.4, 0.5) is 5.69 Å². The number of methoxy groups -OCH3 is 1. The van der Waals surface area contributed by atoms with Crippen LogP contribution in [0.3, 0.4) is 0 Å². The number of rotatable bonds is 6. The van der Waals surface area contributed by atoms with Gasteiger partial charge < -0.3 is 19.7 Å². The van der Waals surface area contributed by atoms with Crippen LogP contribution in [0.2, 0.25) is 5.02 Å². The normalized spacial score (nSPS) is 15.0. The van der Waals surface area contributed by atoms with E-state index >= 15 is 0 Å². The van der Waals surface area contributed by atoms with Crippen molar-refractivity contribution in [2.75, 3.05) is 32.1 Å². The largest absolute Gasteiger partial charge is 0.495 e. The Bertz CT molecular complexity index is 765. The average Bonchev–Trinajstić information content (AvgIpc) is 2.68. The van der Waals surface area contributed by atoms with Gasteiger partial charge in [-0.25, -0.2) is 0 Å². The first-order valence-electron chi connectivity index (χ1n) is 8.66. The fourth-order valence-corrected chi connectivity index (χ4v) is 3.01. The molecule has 0 aromatic heterocycles. The van der Waals surface area contributed by atoms with E-state index in [1.54, 1.807) is 30.0 Å². The molecule has 0 radical (unpaired) electrons. The molecule has 1 amide bonds. The smallest absolute Gasteiger partial charge is 0.309 e. The number of hydrogen-bond acceptors (Lipinski definition) is 6. The SMILES string of the molecule is CCOC(=O)C1CCN(C(=O)/C(C#N)=C\Nc2cc(Cl)ccc2OC)CC1. The quantitative estimate of drug-likeness (QED) is 0.455. The van der Waals surface area contributed by atoms with E-state index in [1.807, 2.05) is 6.07 Å². The van der Waals surface area contributed by atoms with Crippen LogP contribution in [-0.4, -0.2) is 43.6 Å². The number of carbonyl (C=O) groups excluding carboxylic acids is 2. The number of halogens is 1. The van der Waals surface area contributed by atoms with Gasteiger partial charge in [-0.15, -0.1) is 0 Å². The van der Waals surface area contributed by atoms with Gasteiger partial charge in [0.15, 0.2) is 0 Å². The molecule has 1 saturated heterocycles. The molecule has 1 heterocycles. The number of nitrogens with one attached hydrogen (secondary N) is 1. The lowest BCUT2D eigenvalue weighted by molar-refractivity contribution is -0.150. The zero-order chi connectivity index (χ0) is 19.8. The molecule has 0 unspecified atom stereocenters. The minimum Gasteiger partial charge on any atom is -0.495 e. The Morgan fingerprint density at radius 1 is 1.41 bits per heavy atom. The first-order chi connectivity index (χ1) is 13.0. The topological polar surface area (TPSA) is 91.7 Å². The van der Waals surface area contributed by atoms with Crippen LogP contribution < -0.4 is 10.1 Å². The Morgan fingerprint density at radius 3 is 2.70 bits per heavy atom. The lowest BCUT2D eigenvalue weighted by Crippen LogP contribution is -2.41. The number of anilines is 1. The van der Waals surface area contributed by atoms with Gasteiger partial charge >= 0.3 is 5.97 Å². The second-order valence-corrected chi connectivity index (χ2v) is 6.41. The number of likely N-dealkylation sites (tertiary alicyclic amines) is 1. The highest BCUT2D eigenvalue weighted by Gasteiger charge is 2.29. The summed E-state index contributed by atoms with van der Waals surface area (Å²) in [6, 6.07) is 6.92. The Kier molecular flexibility index (Phi) is 7.50. The van der Waals surface area contributed by atoms with Gasteiger partial charge in [-0.2, -0.15) is 5.26 Å². The van der Waals surface area contributed by atoms with Crippen LogP contribution in [0.15, 0.2) is 30.0 Å². The summed E-state index contributed by atoms with van der Waals surface area (Å²) in [6.07, 6.45) is 2.39. The van der Waals surface area contributed by atoms with Gasteiger partial charge in [0.05, 0.1) is 25.3 Å². The number of piperidine rings is 1. The molecular formula is C19H22ClN3O4. The van der Waals surface area contributed by atoms with Gasteiger partial charge in [0.1, 0.15) is 17.4 Å². The Morgan fingerprint density at radius 2 is 2.11 bits per heavy atom. The van der Waals surface area contributed by atoms with Gasteiger partial charge in [-0.05, 0) is 38.0 Å². The molecule has 0 aliphatic carbocycles. The van der Waals surface area contributed by atoms with Gasteiger partial charge in [0, 0.05) is 24.3 Å². The van der Waals surface area contributed by atoms with Crippen molar-refractivity contribution in [3.63, 3.8) is 0 Å². The highest BCUT2D eigenvalue weighted by Crippen LogP contribution is 2.28. The maximum absolute atomic E-state index is 12.6. The van der Waals surface area contributed by atoms with Crippen molar-refractivity contribution < 1.29 is 19.1 Å². The molecule has 1 fully saturated rings. The van der Waals surface area contributed by atoms with Crippen LogP contribution >= 0.6 is 11.6 Å². The fraction of sp³-hybridized carbons (Fsp3) is 0.421. The number of nitrogens with zero attached hydrogens (tertiary/aromatic N) is 2. The Labute approximate surface area is 163 Å². The van der Waals surface area contributed by atoms with Gasteiger partial charge in [-0.1, -0.05) is 11.6 Å². The third-order valence-electron chi connectivity index (χ3n) is 4.29. The van der Waals surface area contributed by atoms with E-state index in [9.17, 15) is 14.9 Å². The number of nitriles is 1. The van der Waals surface area contributed by atoms with Gasteiger partial charge in [0.25, 0.3) is 5.91 Å². The molecule has 1 N–H and O–H groups in total. The third-order valence-corrected chi connectivity index (χ3v) is 4.52. The third kappa shape index (κ3) is 5.38. The lowest BCUT2D eigenvalue weighted by atomic mass is 9.96. The zero-order valence-corrected chi connectivity index (χ0v) is 16.1. The Balaban J connectivity index is 2.02. The number of benzene rings is 1. The second kappa shape index (κ2) is 9.83. The first kappa shape index (κ1) is 20.6. The summed E-state index contributed by atoms with van der Waals surface area (Å²) in [6.45, 7) is 2.92. The molecule has 144 valence electrons. The van der Waals surface area contributed by atoms with Crippen LogP contribution in [0.5, 0.6) is 5.75 Å². The maximum atomic E-state index is 12.6. The molecule has 0 bridgehead atoms. The number of ether oxygens (including phenoxy) is 2. The van der Waals surface area contributed by atoms with Crippen LogP contribution in [0.1, 0.15) is 19.8 Å². The summed E-state index contributed by atoms with van der Waals surface area (Å²) in [7, 11) is 1.52. The van der Waals surface area contributed by atoms with E-state index in [-0.39, 0.29) is 23.4 Å². The zero-order valence-electron chi connectivity index (χ0n) is 15.3. The summed E-state index contributed by atoms with van der Waals surface area (Å²) in [5.74, 6) is -0.267. The lowest BCUT2D eigenvalue weighted by Gasteiger charge is -2.30. The molecular weight excluding hydrogens is 370 g/mol. The number of esters is 1. The molecule has 8 heteroatoms. The highest BCUT2D eigenvalue weighted by molar-refractivity contribution is 6.30. The van der Waals surface area contributed by atoms with Crippen molar-refractivity contribution in [1.82, 2.24) is 4.90 Å². The first-order valence-corrected chi connectivity index (χ1v) is 9.04. The van der Waals surface area contributed by atoms with Crippen molar-refractivity contribution in [3.8, 4) is 11.8 Å². The van der Waals surface area contributed by atoms with Crippen molar-refractivity contribution in [2.24, 2.45) is 5.92 Å². The van der Waals surface area contributed by atoms with E-state index < -0.39 is 0 Å². The predicted molar refractivity (Wildman–Crippen MR) is 101 cm³/mol. The molecule has 0 spiro atoms. The fourth-order valence-electron chi connectivity index (χ4n) is 2.83. The van der Waals surface area contributed by atoms with E-state index in [4.69, 9.17) is 21.1 Å². The number of carbonyl (C=O) groups is 2. The van der Waals surface area contributed by atoms with Gasteiger partial charge in [-0.3, -0.25) is 9.59 Å². The summed E-state index contributed by atoms with van der Waals surface area (Å²) in [5, 5.41) is 12.8. The minimum absolute atomic E-state index is 0.0355. The monoisotopic (exact) mass is 391 g/mol. The highest BCUT2D eigenvalue weighted by atomic mass is 35.5. The molecule has 2 rings (SSSR count). The molecule has 1 aliphatic rings. The van der Waals surface area contributed by atoms with Crippen molar-refractivity contribution in [3.05, 3.63) is 35.0 Å². The molecule has 0 saturated carbocycles. The van der Waals surface area contributed by atoms with Gasteiger partial charge in [0.2, 0.25) is 0 Å². The van der Waals surface area contributed by atoms with Crippen molar-refractivity contribution in [2.45, 2.75) is 19.8 Å². The van der Waals surface area contributed by atoms with Crippen LogP contribution in [0.25, 0.3) is 0 Å².